The van der Waals surface area contributed by atoms with E-state index in [1.165, 1.54) is 21.9 Å². The van der Waals surface area contributed by atoms with Gasteiger partial charge in [0.2, 0.25) is 0 Å². The van der Waals surface area contributed by atoms with Crippen molar-refractivity contribution in [2.45, 2.75) is 46.0 Å². The smallest absolute Gasteiger partial charge is 0.0346 e. The Balaban J connectivity index is 2.65. The molecule has 0 aliphatic rings. The molecule has 1 heterocycles. The van der Waals surface area contributed by atoms with E-state index >= 15 is 0 Å². The summed E-state index contributed by atoms with van der Waals surface area (Å²) in [6.07, 6.45) is 3.96. The molecule has 0 aliphatic heterocycles. The highest BCUT2D eigenvalue weighted by atomic mass is 14.6. The van der Waals surface area contributed by atoms with Gasteiger partial charge in [-0.05, 0) is 33.9 Å². The molecule has 1 aromatic heterocycles. The molecule has 2 rings (SSSR count). The minimum Gasteiger partial charge on any atom is -0.264 e. The number of pyridine rings is 1. The number of hydrogen-bond acceptors (Lipinski definition) is 1. The van der Waals surface area contributed by atoms with Crippen molar-refractivity contribution in [3.63, 3.8) is 0 Å². The Labute approximate surface area is 104 Å². The van der Waals surface area contributed by atoms with E-state index in [0.29, 0.717) is 5.92 Å². The van der Waals surface area contributed by atoms with Crippen LogP contribution in [0.2, 0.25) is 0 Å². The fourth-order valence-electron chi connectivity index (χ4n) is 2.13. The number of fused-ring (bicyclic) bond motifs is 1. The summed E-state index contributed by atoms with van der Waals surface area (Å²) < 4.78 is 0. The van der Waals surface area contributed by atoms with Gasteiger partial charge in [0.25, 0.3) is 0 Å². The third-order valence-corrected chi connectivity index (χ3v) is 3.28. The van der Waals surface area contributed by atoms with Gasteiger partial charge < -0.3 is 0 Å². The maximum Gasteiger partial charge on any atom is 0.0346 e. The fourth-order valence-corrected chi connectivity index (χ4v) is 2.13. The van der Waals surface area contributed by atoms with Crippen LogP contribution in [0, 0.1) is 0 Å². The predicted molar refractivity (Wildman–Crippen MR) is 74.5 cm³/mol. The molecular formula is C16H21N. The first kappa shape index (κ1) is 12.1. The molecule has 0 radical (unpaired) electrons. The molecule has 0 N–H and O–H groups in total. The molecule has 1 nitrogen and oxygen atoms in total. The zero-order valence-electron chi connectivity index (χ0n) is 11.4. The van der Waals surface area contributed by atoms with Gasteiger partial charge >= 0.3 is 0 Å². The highest BCUT2D eigenvalue weighted by Crippen LogP contribution is 2.29. The zero-order chi connectivity index (χ0) is 12.6. The zero-order valence-corrected chi connectivity index (χ0v) is 11.4. The molecule has 0 atom stereocenters. The average molecular weight is 227 g/mol. The SMILES string of the molecule is CC(C)c1cncc2cc(C(C)(C)C)ccc12. The second-order valence-corrected chi connectivity index (χ2v) is 6.07. The quantitative estimate of drug-likeness (QED) is 0.690. The lowest BCUT2D eigenvalue weighted by molar-refractivity contribution is 0.591. The van der Waals surface area contributed by atoms with Gasteiger partial charge in [0, 0.05) is 17.8 Å². The predicted octanol–water partition coefficient (Wildman–Crippen LogP) is 4.66. The Morgan fingerprint density at radius 2 is 1.76 bits per heavy atom. The molecule has 90 valence electrons. The Kier molecular flexibility index (Phi) is 2.94. The average Bonchev–Trinajstić information content (AvgIpc) is 2.26. The van der Waals surface area contributed by atoms with E-state index in [2.05, 4.69) is 57.8 Å². The molecule has 1 aromatic carbocycles. The van der Waals surface area contributed by atoms with Crippen molar-refractivity contribution in [3.05, 3.63) is 41.7 Å². The van der Waals surface area contributed by atoms with Crippen LogP contribution in [0.3, 0.4) is 0 Å². The number of rotatable bonds is 1. The highest BCUT2D eigenvalue weighted by Gasteiger charge is 2.14. The van der Waals surface area contributed by atoms with Crippen molar-refractivity contribution in [2.75, 3.05) is 0 Å². The van der Waals surface area contributed by atoms with Crippen molar-refractivity contribution in [1.29, 1.82) is 0 Å². The van der Waals surface area contributed by atoms with E-state index in [4.69, 9.17) is 0 Å². The molecule has 17 heavy (non-hydrogen) atoms. The first-order chi connectivity index (χ1) is 7.89. The summed E-state index contributed by atoms with van der Waals surface area (Å²) in [5.74, 6) is 0.520. The summed E-state index contributed by atoms with van der Waals surface area (Å²) in [5.41, 5.74) is 2.90. The van der Waals surface area contributed by atoms with Gasteiger partial charge in [-0.15, -0.1) is 0 Å². The molecule has 0 fully saturated rings. The van der Waals surface area contributed by atoms with Gasteiger partial charge in [0.15, 0.2) is 0 Å². The number of benzene rings is 1. The third kappa shape index (κ3) is 2.33. The van der Waals surface area contributed by atoms with E-state index in [1.54, 1.807) is 0 Å². The second-order valence-electron chi connectivity index (χ2n) is 6.07. The Bertz CT molecular complexity index is 533. The van der Waals surface area contributed by atoms with Crippen LogP contribution in [0.25, 0.3) is 10.8 Å². The van der Waals surface area contributed by atoms with Gasteiger partial charge in [-0.1, -0.05) is 46.8 Å². The van der Waals surface area contributed by atoms with E-state index in [1.807, 2.05) is 12.4 Å². The topological polar surface area (TPSA) is 12.9 Å². The Morgan fingerprint density at radius 1 is 1.06 bits per heavy atom. The van der Waals surface area contributed by atoms with Crippen molar-refractivity contribution in [3.8, 4) is 0 Å². The lowest BCUT2D eigenvalue weighted by atomic mass is 9.85. The maximum absolute atomic E-state index is 4.36. The van der Waals surface area contributed by atoms with Gasteiger partial charge in [-0.25, -0.2) is 0 Å². The molecule has 0 unspecified atom stereocenters. The molecular weight excluding hydrogens is 206 g/mol. The summed E-state index contributed by atoms with van der Waals surface area (Å²) in [7, 11) is 0. The van der Waals surface area contributed by atoms with Gasteiger partial charge in [0.1, 0.15) is 0 Å². The van der Waals surface area contributed by atoms with E-state index in [-0.39, 0.29) is 5.41 Å². The Hall–Kier alpha value is -1.37. The third-order valence-electron chi connectivity index (χ3n) is 3.28. The summed E-state index contributed by atoms with van der Waals surface area (Å²) in [4.78, 5) is 4.36. The maximum atomic E-state index is 4.36. The standard InChI is InChI=1S/C16H21N/c1-11(2)15-10-17-9-12-8-13(16(3,4)5)6-7-14(12)15/h6-11H,1-5H3. The first-order valence-electron chi connectivity index (χ1n) is 6.28. The van der Waals surface area contributed by atoms with Crippen molar-refractivity contribution in [1.82, 2.24) is 4.98 Å². The van der Waals surface area contributed by atoms with Gasteiger partial charge in [-0.2, -0.15) is 0 Å². The monoisotopic (exact) mass is 227 g/mol. The van der Waals surface area contributed by atoms with Crippen LogP contribution in [0.1, 0.15) is 51.7 Å². The second kappa shape index (κ2) is 4.14. The van der Waals surface area contributed by atoms with Crippen LogP contribution in [0.15, 0.2) is 30.6 Å². The molecule has 0 spiro atoms. The van der Waals surface area contributed by atoms with Gasteiger partial charge in [-0.3, -0.25) is 4.98 Å². The van der Waals surface area contributed by atoms with E-state index < -0.39 is 0 Å². The van der Waals surface area contributed by atoms with Gasteiger partial charge in [0.05, 0.1) is 0 Å². The molecule has 0 saturated carbocycles. The summed E-state index contributed by atoms with van der Waals surface area (Å²) in [6.45, 7) is 11.2. The van der Waals surface area contributed by atoms with Crippen LogP contribution in [0.4, 0.5) is 0 Å². The van der Waals surface area contributed by atoms with E-state index in [9.17, 15) is 0 Å². The van der Waals surface area contributed by atoms with Crippen molar-refractivity contribution < 1.29 is 0 Å². The van der Waals surface area contributed by atoms with Crippen LogP contribution < -0.4 is 0 Å². The summed E-state index contributed by atoms with van der Waals surface area (Å²) >= 11 is 0. The minimum absolute atomic E-state index is 0.196. The molecule has 0 bridgehead atoms. The number of hydrogen-bond donors (Lipinski definition) is 0. The summed E-state index contributed by atoms with van der Waals surface area (Å²) in [5, 5.41) is 2.59. The normalized spacial score (nSPS) is 12.4. The molecule has 0 amide bonds. The number of aromatic nitrogens is 1. The van der Waals surface area contributed by atoms with E-state index in [0.717, 1.165) is 0 Å². The van der Waals surface area contributed by atoms with Crippen molar-refractivity contribution in [2.24, 2.45) is 0 Å². The summed E-state index contributed by atoms with van der Waals surface area (Å²) in [6, 6.07) is 6.76. The molecule has 1 heteroatoms. The van der Waals surface area contributed by atoms with Crippen LogP contribution in [0.5, 0.6) is 0 Å². The number of nitrogens with zero attached hydrogens (tertiary/aromatic N) is 1. The Morgan fingerprint density at radius 3 is 2.35 bits per heavy atom. The molecule has 0 aliphatic carbocycles. The molecule has 0 saturated heterocycles. The van der Waals surface area contributed by atoms with Crippen LogP contribution in [-0.2, 0) is 5.41 Å². The minimum atomic E-state index is 0.196. The largest absolute Gasteiger partial charge is 0.264 e. The van der Waals surface area contributed by atoms with Crippen LogP contribution >= 0.6 is 0 Å². The van der Waals surface area contributed by atoms with Crippen molar-refractivity contribution >= 4 is 10.8 Å². The molecule has 2 aromatic rings. The fraction of sp³-hybridized carbons (Fsp3) is 0.438. The van der Waals surface area contributed by atoms with Crippen LogP contribution in [-0.4, -0.2) is 4.98 Å². The lowest BCUT2D eigenvalue weighted by Gasteiger charge is -2.20. The lowest BCUT2D eigenvalue weighted by Crippen LogP contribution is -2.10. The first-order valence-corrected chi connectivity index (χ1v) is 6.28. The highest BCUT2D eigenvalue weighted by molar-refractivity contribution is 5.86.